The van der Waals surface area contributed by atoms with Crippen LogP contribution >= 0.6 is 0 Å². The molecule has 0 fully saturated rings. The molecule has 0 aliphatic carbocycles. The fourth-order valence-electron chi connectivity index (χ4n) is 2.85. The maximum absolute atomic E-state index is 12.6. The van der Waals surface area contributed by atoms with Crippen LogP contribution in [-0.4, -0.2) is 30.8 Å². The maximum Gasteiger partial charge on any atom is 0.228 e. The van der Waals surface area contributed by atoms with Gasteiger partial charge in [-0.05, 0) is 43.3 Å². The Bertz CT molecular complexity index is 788. The van der Waals surface area contributed by atoms with E-state index in [9.17, 15) is 14.4 Å². The van der Waals surface area contributed by atoms with E-state index < -0.39 is 0 Å². The molecule has 0 atom stereocenters. The smallest absolute Gasteiger partial charge is 0.228 e. The van der Waals surface area contributed by atoms with E-state index in [4.69, 9.17) is 0 Å². The number of nitrogens with one attached hydrogen (secondary N) is 1. The van der Waals surface area contributed by atoms with E-state index in [0.717, 1.165) is 5.69 Å². The van der Waals surface area contributed by atoms with Crippen LogP contribution in [0.5, 0.6) is 0 Å². The lowest BCUT2D eigenvalue weighted by Gasteiger charge is -2.25. The Morgan fingerprint density at radius 1 is 0.852 bits per heavy atom. The molecule has 1 N–H and O–H groups in total. The second kappa shape index (κ2) is 9.52. The molecule has 142 valence electrons. The van der Waals surface area contributed by atoms with Crippen LogP contribution in [0.1, 0.15) is 27.2 Å². The summed E-state index contributed by atoms with van der Waals surface area (Å²) < 4.78 is 0. The second-order valence-electron chi connectivity index (χ2n) is 6.12. The van der Waals surface area contributed by atoms with Gasteiger partial charge >= 0.3 is 0 Å². The summed E-state index contributed by atoms with van der Waals surface area (Å²) in [6.07, 6.45) is 0.218. The average Bonchev–Trinajstić information content (AvgIpc) is 2.64. The molecule has 2 aromatic carbocycles. The lowest BCUT2D eigenvalue weighted by atomic mass is 10.2. The zero-order chi connectivity index (χ0) is 19.8. The third kappa shape index (κ3) is 5.67. The summed E-state index contributed by atoms with van der Waals surface area (Å²) in [6.45, 7) is 5.69. The van der Waals surface area contributed by atoms with Crippen LogP contribution < -0.4 is 15.1 Å². The third-order valence-electron chi connectivity index (χ3n) is 4.11. The number of anilines is 3. The van der Waals surface area contributed by atoms with Crippen molar-refractivity contribution < 1.29 is 14.4 Å². The Labute approximate surface area is 159 Å². The first kappa shape index (κ1) is 20.2. The van der Waals surface area contributed by atoms with Gasteiger partial charge in [0.05, 0.1) is 0 Å². The minimum Gasteiger partial charge on any atom is -0.326 e. The quantitative estimate of drug-likeness (QED) is 0.815. The van der Waals surface area contributed by atoms with Crippen LogP contribution in [0, 0.1) is 0 Å². The molecule has 0 aliphatic rings. The van der Waals surface area contributed by atoms with E-state index in [-0.39, 0.29) is 30.7 Å². The molecule has 0 aliphatic heterocycles. The van der Waals surface area contributed by atoms with Crippen molar-refractivity contribution in [2.24, 2.45) is 0 Å². The number of hydrogen-bond acceptors (Lipinski definition) is 3. The minimum absolute atomic E-state index is 0.0372. The molecule has 0 bridgehead atoms. The van der Waals surface area contributed by atoms with E-state index in [1.807, 2.05) is 37.3 Å². The molecule has 0 aromatic heterocycles. The van der Waals surface area contributed by atoms with Crippen molar-refractivity contribution in [1.29, 1.82) is 0 Å². The molecule has 2 rings (SSSR count). The van der Waals surface area contributed by atoms with Crippen molar-refractivity contribution in [1.82, 2.24) is 0 Å². The lowest BCUT2D eigenvalue weighted by Crippen LogP contribution is -2.36. The van der Waals surface area contributed by atoms with Crippen LogP contribution in [0.4, 0.5) is 17.1 Å². The molecule has 0 heterocycles. The van der Waals surface area contributed by atoms with Crippen molar-refractivity contribution in [2.45, 2.75) is 27.2 Å². The second-order valence-corrected chi connectivity index (χ2v) is 6.12. The number of amides is 3. The first-order chi connectivity index (χ1) is 12.9. The number of hydrogen-bond donors (Lipinski definition) is 1. The van der Waals surface area contributed by atoms with Gasteiger partial charge in [-0.3, -0.25) is 14.4 Å². The summed E-state index contributed by atoms with van der Waals surface area (Å²) in [6, 6.07) is 16.5. The highest BCUT2D eigenvalue weighted by molar-refractivity contribution is 5.96. The third-order valence-corrected chi connectivity index (χ3v) is 4.11. The number of benzene rings is 2. The summed E-state index contributed by atoms with van der Waals surface area (Å²) in [4.78, 5) is 39.1. The molecule has 0 unspecified atom stereocenters. The van der Waals surface area contributed by atoms with Gasteiger partial charge in [-0.25, -0.2) is 0 Å². The highest BCUT2D eigenvalue weighted by Gasteiger charge is 2.18. The predicted octanol–water partition coefficient (Wildman–Crippen LogP) is 3.44. The van der Waals surface area contributed by atoms with Crippen LogP contribution in [0.15, 0.2) is 54.6 Å². The number of nitrogens with zero attached hydrogens (tertiary/aromatic N) is 2. The zero-order valence-electron chi connectivity index (χ0n) is 15.9. The molecular weight excluding hydrogens is 342 g/mol. The zero-order valence-corrected chi connectivity index (χ0v) is 15.9. The number of carbonyl (C=O) groups is 3. The van der Waals surface area contributed by atoms with Crippen molar-refractivity contribution in [3.05, 3.63) is 54.6 Å². The fraction of sp³-hybridized carbons (Fsp3) is 0.286. The van der Waals surface area contributed by atoms with Gasteiger partial charge in [0.1, 0.15) is 0 Å². The highest BCUT2D eigenvalue weighted by Crippen LogP contribution is 2.20. The van der Waals surface area contributed by atoms with Gasteiger partial charge in [-0.1, -0.05) is 18.2 Å². The number of carbonyl (C=O) groups excluding carboxylic acids is 3. The first-order valence-corrected chi connectivity index (χ1v) is 8.93. The van der Waals surface area contributed by atoms with E-state index in [1.165, 1.54) is 13.8 Å². The summed E-state index contributed by atoms with van der Waals surface area (Å²) >= 11 is 0. The topological polar surface area (TPSA) is 69.7 Å². The van der Waals surface area contributed by atoms with Gasteiger partial charge in [0, 0.05) is 50.4 Å². The Morgan fingerprint density at radius 3 is 1.96 bits per heavy atom. The fourth-order valence-corrected chi connectivity index (χ4v) is 2.85. The molecule has 0 saturated heterocycles. The molecule has 6 heteroatoms. The SMILES string of the molecule is CCN(C(=O)CCN(C(C)=O)c1ccc(NC(C)=O)cc1)c1ccccc1. The minimum atomic E-state index is -0.155. The van der Waals surface area contributed by atoms with Crippen LogP contribution in [0.2, 0.25) is 0 Å². The summed E-state index contributed by atoms with van der Waals surface area (Å²) in [5.41, 5.74) is 2.19. The monoisotopic (exact) mass is 367 g/mol. The Balaban J connectivity index is 2.06. The predicted molar refractivity (Wildman–Crippen MR) is 108 cm³/mol. The maximum atomic E-state index is 12.6. The molecule has 27 heavy (non-hydrogen) atoms. The van der Waals surface area contributed by atoms with Gasteiger partial charge in [-0.15, -0.1) is 0 Å². The van der Waals surface area contributed by atoms with Crippen LogP contribution in [0.25, 0.3) is 0 Å². The van der Waals surface area contributed by atoms with Gasteiger partial charge in [0.2, 0.25) is 17.7 Å². The molecule has 2 aromatic rings. The van der Waals surface area contributed by atoms with Crippen molar-refractivity contribution in [3.8, 4) is 0 Å². The standard InChI is InChI=1S/C21H25N3O3/c1-4-23(19-8-6-5-7-9-19)21(27)14-15-24(17(3)26)20-12-10-18(11-13-20)22-16(2)25/h5-13H,4,14-15H2,1-3H3,(H,22,25). The van der Waals surface area contributed by atoms with Crippen molar-refractivity contribution in [2.75, 3.05) is 28.2 Å². The number of para-hydroxylation sites is 1. The molecule has 0 saturated carbocycles. The first-order valence-electron chi connectivity index (χ1n) is 8.93. The van der Waals surface area contributed by atoms with Gasteiger partial charge < -0.3 is 15.1 Å². The lowest BCUT2D eigenvalue weighted by molar-refractivity contribution is -0.119. The molecule has 3 amide bonds. The molecular formula is C21H25N3O3. The molecule has 0 spiro atoms. The van der Waals surface area contributed by atoms with Crippen molar-refractivity contribution >= 4 is 34.8 Å². The molecule has 6 nitrogen and oxygen atoms in total. The molecule has 0 radical (unpaired) electrons. The van der Waals surface area contributed by atoms with Crippen LogP contribution in [0.3, 0.4) is 0 Å². The normalized spacial score (nSPS) is 10.2. The average molecular weight is 367 g/mol. The largest absolute Gasteiger partial charge is 0.326 e. The summed E-state index contributed by atoms with van der Waals surface area (Å²) in [7, 11) is 0. The van der Waals surface area contributed by atoms with E-state index in [2.05, 4.69) is 5.32 Å². The highest BCUT2D eigenvalue weighted by atomic mass is 16.2. The summed E-state index contributed by atoms with van der Waals surface area (Å²) in [5.74, 6) is -0.333. The van der Waals surface area contributed by atoms with Crippen LogP contribution in [-0.2, 0) is 14.4 Å². The van der Waals surface area contributed by atoms with E-state index >= 15 is 0 Å². The van der Waals surface area contributed by atoms with E-state index in [1.54, 1.807) is 34.1 Å². The Morgan fingerprint density at radius 2 is 1.44 bits per heavy atom. The van der Waals surface area contributed by atoms with Gasteiger partial charge in [0.15, 0.2) is 0 Å². The van der Waals surface area contributed by atoms with Gasteiger partial charge in [0.25, 0.3) is 0 Å². The van der Waals surface area contributed by atoms with Crippen molar-refractivity contribution in [3.63, 3.8) is 0 Å². The summed E-state index contributed by atoms with van der Waals surface area (Å²) in [5, 5.41) is 2.69. The Kier molecular flexibility index (Phi) is 7.11. The Hall–Kier alpha value is -3.15. The number of rotatable bonds is 7. The van der Waals surface area contributed by atoms with Gasteiger partial charge in [-0.2, -0.15) is 0 Å². The van der Waals surface area contributed by atoms with E-state index in [0.29, 0.717) is 17.9 Å².